The van der Waals surface area contributed by atoms with E-state index in [-0.39, 0.29) is 17.1 Å². The van der Waals surface area contributed by atoms with Gasteiger partial charge in [0.25, 0.3) is 0 Å². The first-order valence-corrected chi connectivity index (χ1v) is 13.1. The van der Waals surface area contributed by atoms with E-state index in [0.717, 1.165) is 68.9 Å². The summed E-state index contributed by atoms with van der Waals surface area (Å²) in [7, 11) is -3.32. The molecule has 2 fully saturated rings. The van der Waals surface area contributed by atoms with Crippen molar-refractivity contribution < 1.29 is 13.2 Å². The highest BCUT2D eigenvalue weighted by atomic mass is 32.2. The van der Waals surface area contributed by atoms with Gasteiger partial charge in [-0.15, -0.1) is 11.3 Å². The molecule has 0 radical (unpaired) electrons. The van der Waals surface area contributed by atoms with E-state index in [0.29, 0.717) is 10.6 Å². The zero-order valence-corrected chi connectivity index (χ0v) is 19.0. The van der Waals surface area contributed by atoms with Crippen molar-refractivity contribution in [2.75, 3.05) is 18.4 Å². The fourth-order valence-electron chi connectivity index (χ4n) is 4.45. The van der Waals surface area contributed by atoms with Gasteiger partial charge in [-0.1, -0.05) is 18.9 Å². The van der Waals surface area contributed by atoms with E-state index in [1.54, 1.807) is 35.6 Å². The van der Waals surface area contributed by atoms with Crippen LogP contribution < -0.4 is 5.32 Å². The number of hydrogen-bond donors (Lipinski definition) is 1. The Morgan fingerprint density at radius 3 is 2.60 bits per heavy atom. The van der Waals surface area contributed by atoms with Gasteiger partial charge in [0, 0.05) is 23.5 Å². The zero-order chi connectivity index (χ0) is 21.1. The monoisotopic (exact) mass is 447 g/mol. The minimum Gasteiger partial charge on any atom is -0.326 e. The van der Waals surface area contributed by atoms with E-state index < -0.39 is 9.84 Å². The standard InChI is InChI=1S/C22H29N3O3S2/c1-16-23-19(15-29-16)14-25-11-9-17(10-12-25)22(26)24-18-5-4-8-21(13-18)30(27,28)20-6-2-3-7-20/h4-5,8,13,15,17,20H,2-3,6-7,9-12,14H2,1H3,(H,24,26). The van der Waals surface area contributed by atoms with Crippen molar-refractivity contribution in [2.45, 2.75) is 62.1 Å². The first kappa shape index (κ1) is 21.5. The van der Waals surface area contributed by atoms with Gasteiger partial charge in [0.1, 0.15) is 0 Å². The molecule has 162 valence electrons. The Morgan fingerprint density at radius 2 is 1.93 bits per heavy atom. The number of piperidine rings is 1. The van der Waals surface area contributed by atoms with Crippen molar-refractivity contribution in [1.82, 2.24) is 9.88 Å². The molecule has 2 aromatic rings. The number of benzene rings is 1. The first-order chi connectivity index (χ1) is 14.4. The van der Waals surface area contributed by atoms with Crippen LogP contribution in [0.1, 0.15) is 49.2 Å². The minimum absolute atomic E-state index is 0.0189. The van der Waals surface area contributed by atoms with Gasteiger partial charge >= 0.3 is 0 Å². The van der Waals surface area contributed by atoms with Crippen molar-refractivity contribution >= 4 is 32.8 Å². The van der Waals surface area contributed by atoms with Crippen molar-refractivity contribution in [1.29, 1.82) is 0 Å². The van der Waals surface area contributed by atoms with E-state index in [1.165, 1.54) is 0 Å². The topological polar surface area (TPSA) is 79.4 Å². The van der Waals surface area contributed by atoms with Gasteiger partial charge in [0.15, 0.2) is 9.84 Å². The second-order valence-electron chi connectivity index (χ2n) is 8.38. The quantitative estimate of drug-likeness (QED) is 0.724. The van der Waals surface area contributed by atoms with Crippen LogP contribution in [0.15, 0.2) is 34.5 Å². The Labute approximate surface area is 182 Å². The van der Waals surface area contributed by atoms with Gasteiger partial charge in [-0.25, -0.2) is 13.4 Å². The summed E-state index contributed by atoms with van der Waals surface area (Å²) in [5, 5.41) is 5.84. The molecule has 6 nitrogen and oxygen atoms in total. The predicted molar refractivity (Wildman–Crippen MR) is 119 cm³/mol. The second-order valence-corrected chi connectivity index (χ2v) is 11.7. The molecule has 1 aliphatic heterocycles. The van der Waals surface area contributed by atoms with E-state index in [2.05, 4.69) is 20.6 Å². The molecule has 0 unspecified atom stereocenters. The van der Waals surface area contributed by atoms with Gasteiger partial charge in [-0.3, -0.25) is 9.69 Å². The third kappa shape index (κ3) is 4.92. The number of likely N-dealkylation sites (tertiary alicyclic amines) is 1. The third-order valence-corrected chi connectivity index (χ3v) is 9.26. The average Bonchev–Trinajstić information content (AvgIpc) is 3.41. The van der Waals surface area contributed by atoms with Gasteiger partial charge in [-0.2, -0.15) is 0 Å². The molecule has 2 aliphatic rings. The van der Waals surface area contributed by atoms with Crippen LogP contribution in [0.4, 0.5) is 5.69 Å². The average molecular weight is 448 g/mol. The van der Waals surface area contributed by atoms with E-state index in [4.69, 9.17) is 0 Å². The summed E-state index contributed by atoms with van der Waals surface area (Å²) >= 11 is 1.67. The van der Waals surface area contributed by atoms with Crippen LogP contribution in [0.25, 0.3) is 0 Å². The Balaban J connectivity index is 1.33. The lowest BCUT2D eigenvalue weighted by Crippen LogP contribution is -2.37. The Hall–Kier alpha value is -1.77. The normalized spacial score (nSPS) is 19.2. The lowest BCUT2D eigenvalue weighted by Gasteiger charge is -2.30. The van der Waals surface area contributed by atoms with Crippen LogP contribution in [-0.4, -0.2) is 42.5 Å². The predicted octanol–water partition coefficient (Wildman–Crippen LogP) is 4.02. The molecule has 1 aliphatic carbocycles. The summed E-state index contributed by atoms with van der Waals surface area (Å²) in [5.74, 6) is -0.0666. The number of carbonyl (C=O) groups is 1. The molecule has 1 saturated heterocycles. The number of carbonyl (C=O) groups excluding carboxylic acids is 1. The first-order valence-electron chi connectivity index (χ1n) is 10.7. The summed E-state index contributed by atoms with van der Waals surface area (Å²) in [5.41, 5.74) is 1.67. The number of anilines is 1. The molecule has 1 saturated carbocycles. The Bertz CT molecular complexity index is 989. The van der Waals surface area contributed by atoms with Crippen LogP contribution in [0.5, 0.6) is 0 Å². The fourth-order valence-corrected chi connectivity index (χ4v) is 6.95. The molecule has 0 atom stereocenters. The molecule has 0 spiro atoms. The van der Waals surface area contributed by atoms with E-state index in [1.807, 2.05) is 6.92 Å². The summed E-state index contributed by atoms with van der Waals surface area (Å²) in [4.78, 5) is 19.9. The van der Waals surface area contributed by atoms with Crippen LogP contribution in [-0.2, 0) is 21.2 Å². The maximum Gasteiger partial charge on any atom is 0.227 e. The molecule has 1 aromatic heterocycles. The van der Waals surface area contributed by atoms with Crippen LogP contribution in [0.3, 0.4) is 0 Å². The maximum atomic E-state index is 12.8. The summed E-state index contributed by atoms with van der Waals surface area (Å²) in [6.45, 7) is 4.58. The third-order valence-electron chi connectivity index (χ3n) is 6.18. The van der Waals surface area contributed by atoms with Gasteiger partial charge in [0.2, 0.25) is 5.91 Å². The molecule has 0 bridgehead atoms. The smallest absolute Gasteiger partial charge is 0.227 e. The highest BCUT2D eigenvalue weighted by Crippen LogP contribution is 2.31. The summed E-state index contributed by atoms with van der Waals surface area (Å²) < 4.78 is 25.7. The lowest BCUT2D eigenvalue weighted by atomic mass is 9.95. The summed E-state index contributed by atoms with van der Waals surface area (Å²) in [6, 6.07) is 6.74. The number of rotatable bonds is 6. The van der Waals surface area contributed by atoms with Crippen molar-refractivity contribution in [2.24, 2.45) is 5.92 Å². The van der Waals surface area contributed by atoms with E-state index in [9.17, 15) is 13.2 Å². The minimum atomic E-state index is -3.32. The fraction of sp³-hybridized carbons (Fsp3) is 0.545. The molecule has 8 heteroatoms. The summed E-state index contributed by atoms with van der Waals surface area (Å²) in [6.07, 6.45) is 5.02. The SMILES string of the molecule is Cc1nc(CN2CCC(C(=O)Nc3cccc(S(=O)(=O)C4CCCC4)c3)CC2)cs1. The number of aryl methyl sites for hydroxylation is 1. The molecular formula is C22H29N3O3S2. The molecule has 1 aromatic carbocycles. The van der Waals surface area contributed by atoms with E-state index >= 15 is 0 Å². The van der Waals surface area contributed by atoms with Crippen LogP contribution in [0.2, 0.25) is 0 Å². The van der Waals surface area contributed by atoms with Gasteiger partial charge < -0.3 is 5.32 Å². The second kappa shape index (κ2) is 9.16. The molecule has 1 amide bonds. The van der Waals surface area contributed by atoms with Gasteiger partial charge in [-0.05, 0) is 63.9 Å². The van der Waals surface area contributed by atoms with Crippen LogP contribution in [0, 0.1) is 12.8 Å². The Kier molecular flexibility index (Phi) is 6.55. The maximum absolute atomic E-state index is 12.8. The Morgan fingerprint density at radius 1 is 1.20 bits per heavy atom. The van der Waals surface area contributed by atoms with Crippen molar-refractivity contribution in [3.05, 3.63) is 40.3 Å². The number of amides is 1. The largest absolute Gasteiger partial charge is 0.326 e. The molecule has 2 heterocycles. The number of aromatic nitrogens is 1. The highest BCUT2D eigenvalue weighted by molar-refractivity contribution is 7.92. The lowest BCUT2D eigenvalue weighted by molar-refractivity contribution is -0.121. The number of sulfone groups is 1. The number of nitrogens with one attached hydrogen (secondary N) is 1. The molecule has 1 N–H and O–H groups in total. The highest BCUT2D eigenvalue weighted by Gasteiger charge is 2.31. The number of hydrogen-bond acceptors (Lipinski definition) is 6. The van der Waals surface area contributed by atoms with Crippen LogP contribution >= 0.6 is 11.3 Å². The van der Waals surface area contributed by atoms with Crippen molar-refractivity contribution in [3.63, 3.8) is 0 Å². The van der Waals surface area contributed by atoms with Gasteiger partial charge in [0.05, 0.1) is 20.8 Å². The van der Waals surface area contributed by atoms with Crippen molar-refractivity contribution in [3.8, 4) is 0 Å². The number of nitrogens with zero attached hydrogens (tertiary/aromatic N) is 2. The zero-order valence-electron chi connectivity index (χ0n) is 17.3. The molecule has 30 heavy (non-hydrogen) atoms. The molecular weight excluding hydrogens is 418 g/mol. The molecule has 4 rings (SSSR count). The number of thiazole rings is 1.